The normalized spacial score (nSPS) is 11.4. The highest BCUT2D eigenvalue weighted by Crippen LogP contribution is 2.34. The number of aromatic nitrogens is 4. The van der Waals surface area contributed by atoms with E-state index < -0.39 is 0 Å². The molecule has 0 spiro atoms. The summed E-state index contributed by atoms with van der Waals surface area (Å²) in [6, 6.07) is 8.14. The Bertz CT molecular complexity index is 1180. The van der Waals surface area contributed by atoms with E-state index in [1.54, 1.807) is 17.7 Å². The summed E-state index contributed by atoms with van der Waals surface area (Å²) in [7, 11) is 0. The molecule has 4 aromatic rings. The van der Waals surface area contributed by atoms with Gasteiger partial charge in [-0.1, -0.05) is 23.9 Å². The van der Waals surface area contributed by atoms with Gasteiger partial charge in [0.2, 0.25) is 5.91 Å². The Kier molecular flexibility index (Phi) is 5.82. The maximum absolute atomic E-state index is 12.3. The number of rotatable bonds is 7. The van der Waals surface area contributed by atoms with Gasteiger partial charge in [-0.2, -0.15) is 0 Å². The first-order valence-electron chi connectivity index (χ1n) is 9.56. The van der Waals surface area contributed by atoms with E-state index in [9.17, 15) is 4.79 Å². The van der Waals surface area contributed by atoms with Crippen molar-refractivity contribution in [2.75, 3.05) is 12.3 Å². The number of carbonyl (C=O) groups is 1. The second-order valence-corrected chi connectivity index (χ2v) is 9.10. The lowest BCUT2D eigenvalue weighted by atomic mass is 10.2. The molecule has 0 saturated heterocycles. The molecule has 0 radical (unpaired) electrons. The molecule has 8 heteroatoms. The molecule has 0 unspecified atom stereocenters. The second-order valence-electron chi connectivity index (χ2n) is 6.93. The third-order valence-corrected chi connectivity index (χ3v) is 7.10. The average Bonchev–Trinajstić information content (AvgIpc) is 3.19. The van der Waals surface area contributed by atoms with Crippen molar-refractivity contribution in [2.24, 2.45) is 0 Å². The summed E-state index contributed by atoms with van der Waals surface area (Å²) in [5.41, 5.74) is 3.36. The summed E-state index contributed by atoms with van der Waals surface area (Å²) < 4.78 is 2.20. The van der Waals surface area contributed by atoms with E-state index in [1.165, 1.54) is 22.2 Å². The van der Waals surface area contributed by atoms with Crippen LogP contribution in [0.3, 0.4) is 0 Å². The molecule has 4 rings (SSSR count). The second kappa shape index (κ2) is 8.51. The zero-order chi connectivity index (χ0) is 20.4. The number of nitrogens with one attached hydrogen (secondary N) is 1. The third kappa shape index (κ3) is 4.13. The van der Waals surface area contributed by atoms with Gasteiger partial charge in [-0.05, 0) is 44.9 Å². The Hall–Kier alpha value is -2.45. The van der Waals surface area contributed by atoms with Crippen molar-refractivity contribution in [2.45, 2.75) is 38.8 Å². The molecular weight excluding hydrogens is 402 g/mol. The number of amides is 1. The van der Waals surface area contributed by atoms with Gasteiger partial charge in [0.15, 0.2) is 0 Å². The Morgan fingerprint density at radius 2 is 2.03 bits per heavy atom. The van der Waals surface area contributed by atoms with Gasteiger partial charge in [0, 0.05) is 23.4 Å². The lowest BCUT2D eigenvalue weighted by molar-refractivity contribution is -0.118. The van der Waals surface area contributed by atoms with Crippen molar-refractivity contribution in [1.82, 2.24) is 24.8 Å². The van der Waals surface area contributed by atoms with Gasteiger partial charge in [-0.25, -0.2) is 15.0 Å². The number of benzene rings is 1. The smallest absolute Gasteiger partial charge is 0.230 e. The zero-order valence-electron chi connectivity index (χ0n) is 16.7. The molecule has 150 valence electrons. The van der Waals surface area contributed by atoms with Crippen LogP contribution < -0.4 is 5.32 Å². The van der Waals surface area contributed by atoms with Crippen LogP contribution in [0.2, 0.25) is 0 Å². The molecule has 6 nitrogen and oxygen atoms in total. The zero-order valence-corrected chi connectivity index (χ0v) is 18.4. The number of imidazole rings is 1. The maximum atomic E-state index is 12.3. The fourth-order valence-corrected chi connectivity index (χ4v) is 5.33. The molecule has 3 aromatic heterocycles. The first-order valence-corrected chi connectivity index (χ1v) is 11.4. The molecule has 0 aliphatic rings. The summed E-state index contributed by atoms with van der Waals surface area (Å²) in [6.45, 7) is 7.67. The highest BCUT2D eigenvalue weighted by molar-refractivity contribution is 8.00. The van der Waals surface area contributed by atoms with Crippen LogP contribution in [0.15, 0.2) is 35.6 Å². The van der Waals surface area contributed by atoms with Crippen LogP contribution in [0.25, 0.3) is 21.3 Å². The van der Waals surface area contributed by atoms with Crippen molar-refractivity contribution in [3.05, 3.63) is 46.9 Å². The number of para-hydroxylation sites is 2. The lowest BCUT2D eigenvalue weighted by Gasteiger charge is -2.08. The van der Waals surface area contributed by atoms with Gasteiger partial charge < -0.3 is 9.88 Å². The molecule has 1 amide bonds. The number of fused-ring (bicyclic) bond motifs is 2. The van der Waals surface area contributed by atoms with Crippen LogP contribution in [0.1, 0.15) is 22.7 Å². The predicted molar refractivity (Wildman–Crippen MR) is 120 cm³/mol. The molecule has 3 heterocycles. The Labute approximate surface area is 177 Å². The average molecular weight is 426 g/mol. The van der Waals surface area contributed by atoms with E-state index in [2.05, 4.69) is 44.7 Å². The van der Waals surface area contributed by atoms with Gasteiger partial charge >= 0.3 is 0 Å². The molecular formula is C21H23N5OS2. The summed E-state index contributed by atoms with van der Waals surface area (Å²) in [6.07, 6.45) is 2.44. The summed E-state index contributed by atoms with van der Waals surface area (Å²) in [5.74, 6) is 1.38. The molecule has 0 fully saturated rings. The standard InChI is InChI=1S/C21H23N5OS2/c1-13-14(2)29-21-19(13)20(23-12-24-21)28-11-18(27)22-9-6-10-26-15(3)25-16-7-4-5-8-17(16)26/h4-5,7-8,12H,6,9-11H2,1-3H3,(H,22,27). The Morgan fingerprint density at radius 1 is 1.21 bits per heavy atom. The quantitative estimate of drug-likeness (QED) is 0.272. The van der Waals surface area contributed by atoms with Gasteiger partial charge in [0.05, 0.1) is 16.8 Å². The van der Waals surface area contributed by atoms with Gasteiger partial charge in [-0.3, -0.25) is 4.79 Å². The van der Waals surface area contributed by atoms with Crippen LogP contribution in [-0.2, 0) is 11.3 Å². The van der Waals surface area contributed by atoms with Gasteiger partial charge in [-0.15, -0.1) is 11.3 Å². The number of carbonyl (C=O) groups excluding carboxylic acids is 1. The van der Waals surface area contributed by atoms with Gasteiger partial charge in [0.1, 0.15) is 22.0 Å². The van der Waals surface area contributed by atoms with E-state index in [4.69, 9.17) is 0 Å². The largest absolute Gasteiger partial charge is 0.355 e. The maximum Gasteiger partial charge on any atom is 0.230 e. The van der Waals surface area contributed by atoms with Crippen LogP contribution >= 0.6 is 23.1 Å². The molecule has 0 aliphatic carbocycles. The first-order chi connectivity index (χ1) is 14.0. The number of aryl methyl sites for hydroxylation is 4. The first kappa shape index (κ1) is 19.8. The number of hydrogen-bond donors (Lipinski definition) is 1. The van der Waals surface area contributed by atoms with Crippen LogP contribution in [0.5, 0.6) is 0 Å². The molecule has 1 aromatic carbocycles. The molecule has 1 N–H and O–H groups in total. The number of thioether (sulfide) groups is 1. The fraction of sp³-hybridized carbons (Fsp3) is 0.333. The molecule has 29 heavy (non-hydrogen) atoms. The monoisotopic (exact) mass is 425 g/mol. The number of thiophene rings is 1. The van der Waals surface area contributed by atoms with E-state index in [0.717, 1.165) is 45.1 Å². The van der Waals surface area contributed by atoms with Crippen molar-refractivity contribution >= 4 is 50.3 Å². The lowest BCUT2D eigenvalue weighted by Crippen LogP contribution is -2.27. The van der Waals surface area contributed by atoms with Crippen molar-refractivity contribution in [3.63, 3.8) is 0 Å². The topological polar surface area (TPSA) is 72.7 Å². The van der Waals surface area contributed by atoms with Crippen molar-refractivity contribution < 1.29 is 4.79 Å². The Balaban J connectivity index is 1.29. The minimum Gasteiger partial charge on any atom is -0.355 e. The summed E-state index contributed by atoms with van der Waals surface area (Å²) in [5, 5.41) is 4.98. The van der Waals surface area contributed by atoms with E-state index in [-0.39, 0.29) is 5.91 Å². The molecule has 0 atom stereocenters. The highest BCUT2D eigenvalue weighted by atomic mass is 32.2. The van der Waals surface area contributed by atoms with E-state index in [1.807, 2.05) is 25.1 Å². The fourth-order valence-electron chi connectivity index (χ4n) is 3.39. The third-order valence-electron chi connectivity index (χ3n) is 5.00. The van der Waals surface area contributed by atoms with Crippen LogP contribution in [0, 0.1) is 20.8 Å². The SMILES string of the molecule is Cc1sc2ncnc(SCC(=O)NCCCn3c(C)nc4ccccc43)c2c1C. The van der Waals surface area contributed by atoms with Crippen molar-refractivity contribution in [3.8, 4) is 0 Å². The number of hydrogen-bond acceptors (Lipinski definition) is 6. The highest BCUT2D eigenvalue weighted by Gasteiger charge is 2.13. The predicted octanol–water partition coefficient (Wildman–Crippen LogP) is 4.26. The molecule has 0 saturated carbocycles. The Morgan fingerprint density at radius 3 is 2.90 bits per heavy atom. The van der Waals surface area contributed by atoms with E-state index >= 15 is 0 Å². The van der Waals surface area contributed by atoms with Gasteiger partial charge in [0.25, 0.3) is 0 Å². The number of nitrogens with zero attached hydrogens (tertiary/aromatic N) is 4. The molecule has 0 aliphatic heterocycles. The van der Waals surface area contributed by atoms with Crippen molar-refractivity contribution in [1.29, 1.82) is 0 Å². The minimum atomic E-state index is 0.0265. The molecule has 0 bridgehead atoms. The summed E-state index contributed by atoms with van der Waals surface area (Å²) >= 11 is 3.15. The minimum absolute atomic E-state index is 0.0265. The van der Waals surface area contributed by atoms with Crippen LogP contribution in [-0.4, -0.2) is 37.7 Å². The van der Waals surface area contributed by atoms with Crippen LogP contribution in [0.4, 0.5) is 0 Å². The summed E-state index contributed by atoms with van der Waals surface area (Å²) in [4.78, 5) is 27.8. The van der Waals surface area contributed by atoms with E-state index in [0.29, 0.717) is 12.3 Å².